The number of thiol groups is 1. The van der Waals surface area contributed by atoms with Gasteiger partial charge in [0.1, 0.15) is 18.1 Å². The van der Waals surface area contributed by atoms with Crippen molar-refractivity contribution < 1.29 is 29.4 Å². The van der Waals surface area contributed by atoms with Crippen LogP contribution in [0.15, 0.2) is 4.99 Å². The first kappa shape index (κ1) is 29.8. The first-order chi connectivity index (χ1) is 15.1. The van der Waals surface area contributed by atoms with Crippen LogP contribution in [-0.4, -0.2) is 94.9 Å². The first-order valence-electron chi connectivity index (χ1n) is 9.72. The summed E-state index contributed by atoms with van der Waals surface area (Å²) in [5, 5.41) is 25.9. The number of aliphatic hydroxyl groups excluding tert-OH is 1. The molecule has 3 amide bonds. The molecule has 0 fully saturated rings. The highest BCUT2D eigenvalue weighted by Crippen LogP contribution is 2.03. The van der Waals surface area contributed by atoms with E-state index in [2.05, 4.69) is 33.6 Å². The molecule has 0 aromatic heterocycles. The molecule has 0 aliphatic carbocycles. The van der Waals surface area contributed by atoms with Crippen LogP contribution in [-0.2, 0) is 19.2 Å². The van der Waals surface area contributed by atoms with Crippen molar-refractivity contribution in [3.8, 4) is 0 Å². The normalized spacial score (nSPS) is 14.4. The maximum absolute atomic E-state index is 12.7. The van der Waals surface area contributed by atoms with Gasteiger partial charge in [-0.15, -0.1) is 0 Å². The summed E-state index contributed by atoms with van der Waals surface area (Å²) in [6.45, 7) is -0.586. The second-order valence-electron chi connectivity index (χ2n) is 6.72. The van der Waals surface area contributed by atoms with Crippen LogP contribution in [0.25, 0.3) is 0 Å². The number of carboxylic acids is 1. The summed E-state index contributed by atoms with van der Waals surface area (Å²) in [6, 6.07) is -4.66. The van der Waals surface area contributed by atoms with Crippen molar-refractivity contribution in [2.45, 2.75) is 43.4 Å². The van der Waals surface area contributed by atoms with Crippen LogP contribution in [0, 0.1) is 0 Å². The number of amides is 3. The minimum Gasteiger partial charge on any atom is -0.480 e. The van der Waals surface area contributed by atoms with Gasteiger partial charge in [-0.1, -0.05) is 0 Å². The van der Waals surface area contributed by atoms with Crippen molar-refractivity contribution in [1.29, 1.82) is 0 Å². The quantitative estimate of drug-likeness (QED) is 0.0445. The Morgan fingerprint density at radius 1 is 1.00 bits per heavy atom. The van der Waals surface area contributed by atoms with E-state index >= 15 is 0 Å². The lowest BCUT2D eigenvalue weighted by molar-refractivity contribution is -0.142. The van der Waals surface area contributed by atoms with Crippen molar-refractivity contribution in [1.82, 2.24) is 16.0 Å². The second-order valence-corrected chi connectivity index (χ2v) is 8.07. The van der Waals surface area contributed by atoms with E-state index in [1.165, 1.54) is 11.8 Å². The molecule has 0 aliphatic heterocycles. The van der Waals surface area contributed by atoms with Crippen LogP contribution in [0.1, 0.15) is 19.3 Å². The summed E-state index contributed by atoms with van der Waals surface area (Å²) in [6.07, 6.45) is 2.38. The molecule has 0 spiro atoms. The Morgan fingerprint density at radius 2 is 1.56 bits per heavy atom. The molecule has 4 unspecified atom stereocenters. The van der Waals surface area contributed by atoms with E-state index in [0.29, 0.717) is 12.2 Å². The van der Waals surface area contributed by atoms with Gasteiger partial charge in [0.15, 0.2) is 5.96 Å². The Morgan fingerprint density at radius 3 is 2.06 bits per heavy atom. The molecule has 11 N–H and O–H groups in total. The number of aliphatic imine (C=N–C) groups is 1. The zero-order chi connectivity index (χ0) is 24.7. The van der Waals surface area contributed by atoms with Crippen LogP contribution in [0.4, 0.5) is 0 Å². The summed E-state index contributed by atoms with van der Waals surface area (Å²) >= 11 is 5.35. The molecule has 0 radical (unpaired) electrons. The Hall–Kier alpha value is -2.23. The first-order valence-corrected chi connectivity index (χ1v) is 11.8. The van der Waals surface area contributed by atoms with E-state index in [1.807, 2.05) is 0 Å². The number of carbonyl (C=O) groups excluding carboxylic acids is 3. The van der Waals surface area contributed by atoms with Gasteiger partial charge in [-0.25, -0.2) is 4.79 Å². The van der Waals surface area contributed by atoms with Crippen LogP contribution >= 0.6 is 24.4 Å². The van der Waals surface area contributed by atoms with Gasteiger partial charge in [-0.05, 0) is 31.3 Å². The Balaban J connectivity index is 5.22. The number of rotatable bonds is 16. The van der Waals surface area contributed by atoms with E-state index in [1.54, 1.807) is 6.26 Å². The molecule has 4 atom stereocenters. The number of carbonyl (C=O) groups is 4. The Bertz CT molecular complexity index is 663. The summed E-state index contributed by atoms with van der Waals surface area (Å²) in [4.78, 5) is 52.3. The van der Waals surface area contributed by atoms with Gasteiger partial charge in [0.05, 0.1) is 12.6 Å². The predicted octanol–water partition coefficient (Wildman–Crippen LogP) is -3.42. The molecule has 0 bridgehead atoms. The third-order valence-electron chi connectivity index (χ3n) is 4.15. The van der Waals surface area contributed by atoms with Crippen LogP contribution in [0.3, 0.4) is 0 Å². The fourth-order valence-electron chi connectivity index (χ4n) is 2.37. The molecule has 0 heterocycles. The maximum atomic E-state index is 12.7. The van der Waals surface area contributed by atoms with Gasteiger partial charge in [0, 0.05) is 12.3 Å². The Kier molecular flexibility index (Phi) is 15.3. The summed E-state index contributed by atoms with van der Waals surface area (Å²) in [5.41, 5.74) is 16.1. The number of hydrogen-bond acceptors (Lipinski definition) is 9. The molecule has 0 aromatic rings. The smallest absolute Gasteiger partial charge is 0.326 e. The van der Waals surface area contributed by atoms with E-state index in [4.69, 9.17) is 17.2 Å². The van der Waals surface area contributed by atoms with Crippen molar-refractivity contribution in [2.75, 3.05) is 30.9 Å². The topological polar surface area (TPSA) is 235 Å². The lowest BCUT2D eigenvalue weighted by atomic mass is 10.1. The number of hydrogen-bond donors (Lipinski definition) is 9. The molecule has 0 saturated heterocycles. The zero-order valence-electron chi connectivity index (χ0n) is 17.8. The summed E-state index contributed by atoms with van der Waals surface area (Å²) < 4.78 is 0. The number of nitrogens with two attached hydrogens (primary N) is 3. The highest BCUT2D eigenvalue weighted by Gasteiger charge is 2.29. The Labute approximate surface area is 196 Å². The van der Waals surface area contributed by atoms with Crippen molar-refractivity contribution in [3.05, 3.63) is 0 Å². The van der Waals surface area contributed by atoms with Crippen LogP contribution in [0.5, 0.6) is 0 Å². The summed E-state index contributed by atoms with van der Waals surface area (Å²) in [5.74, 6) is -3.09. The molecular weight excluding hydrogens is 462 g/mol. The molecule has 13 nitrogen and oxygen atoms in total. The lowest BCUT2D eigenvalue weighted by Gasteiger charge is -2.24. The molecular formula is C17H33N7O6S2. The average Bonchev–Trinajstić information content (AvgIpc) is 2.75. The summed E-state index contributed by atoms with van der Waals surface area (Å²) in [7, 11) is 0. The lowest BCUT2D eigenvalue weighted by Crippen LogP contribution is -2.58. The van der Waals surface area contributed by atoms with Crippen molar-refractivity contribution in [2.24, 2.45) is 22.2 Å². The highest BCUT2D eigenvalue weighted by molar-refractivity contribution is 7.98. The molecule has 15 heteroatoms. The van der Waals surface area contributed by atoms with Crippen molar-refractivity contribution in [3.63, 3.8) is 0 Å². The average molecular weight is 496 g/mol. The molecule has 0 aliphatic rings. The number of carboxylic acid groups (broad SMARTS) is 1. The SMILES string of the molecule is CSCCC(NC(=O)C(CO)NC(=O)C(CCCN=C(N)N)NC(=O)C(N)CS)C(=O)O. The zero-order valence-corrected chi connectivity index (χ0v) is 19.5. The van der Waals surface area contributed by atoms with E-state index in [9.17, 15) is 29.4 Å². The highest BCUT2D eigenvalue weighted by atomic mass is 32.2. The van der Waals surface area contributed by atoms with E-state index in [-0.39, 0.29) is 31.1 Å². The molecule has 0 rings (SSSR count). The van der Waals surface area contributed by atoms with E-state index < -0.39 is 54.5 Å². The van der Waals surface area contributed by atoms with Gasteiger partial charge in [0.25, 0.3) is 0 Å². The largest absolute Gasteiger partial charge is 0.480 e. The third-order valence-corrected chi connectivity index (χ3v) is 5.19. The number of nitrogens with one attached hydrogen (secondary N) is 3. The van der Waals surface area contributed by atoms with Gasteiger partial charge in [-0.3, -0.25) is 19.4 Å². The number of nitrogens with zero attached hydrogens (tertiary/aromatic N) is 1. The molecule has 184 valence electrons. The molecule has 0 aromatic carbocycles. The van der Waals surface area contributed by atoms with E-state index in [0.717, 1.165) is 0 Å². The fourth-order valence-corrected chi connectivity index (χ4v) is 3.00. The van der Waals surface area contributed by atoms with Gasteiger partial charge in [0.2, 0.25) is 17.7 Å². The molecule has 0 saturated carbocycles. The number of aliphatic hydroxyl groups is 1. The van der Waals surface area contributed by atoms with Gasteiger partial charge >= 0.3 is 5.97 Å². The minimum absolute atomic E-state index is 0.0441. The van der Waals surface area contributed by atoms with Crippen LogP contribution in [0.2, 0.25) is 0 Å². The predicted molar refractivity (Wildman–Crippen MR) is 125 cm³/mol. The van der Waals surface area contributed by atoms with Crippen molar-refractivity contribution >= 4 is 54.0 Å². The molecule has 32 heavy (non-hydrogen) atoms. The van der Waals surface area contributed by atoms with Gasteiger partial charge < -0.3 is 43.4 Å². The van der Waals surface area contributed by atoms with Crippen LogP contribution < -0.4 is 33.2 Å². The third kappa shape index (κ3) is 12.0. The number of guanidine groups is 1. The monoisotopic (exact) mass is 495 g/mol. The minimum atomic E-state index is -1.42. The number of aliphatic carboxylic acids is 1. The van der Waals surface area contributed by atoms with Gasteiger partial charge in [-0.2, -0.15) is 24.4 Å². The number of thioether (sulfide) groups is 1. The second kappa shape index (κ2) is 16.4. The maximum Gasteiger partial charge on any atom is 0.326 e. The standard InChI is InChI=1S/C17H33N7O6S2/c1-32-6-4-11(16(29)30)23-15(28)12(7-25)24-14(27)10(3-2-5-21-17(19)20)22-13(26)9(18)8-31/h9-12,25,31H,2-8,18H2,1H3,(H,22,26)(H,23,28)(H,24,27)(H,29,30)(H4,19,20,21). The fraction of sp³-hybridized carbons (Fsp3) is 0.706.